The van der Waals surface area contributed by atoms with Crippen LogP contribution in [0.15, 0.2) is 82.4 Å². The topological polar surface area (TPSA) is 117 Å². The third-order valence-corrected chi connectivity index (χ3v) is 6.39. The summed E-state index contributed by atoms with van der Waals surface area (Å²) in [7, 11) is -3.72. The molecule has 3 aromatic carbocycles. The van der Waals surface area contributed by atoms with Gasteiger partial charge in [-0.1, -0.05) is 12.1 Å². The van der Waals surface area contributed by atoms with Crippen LogP contribution in [0.4, 0.5) is 15.8 Å². The smallest absolute Gasteiger partial charge is 0.262 e. The lowest BCUT2D eigenvalue weighted by atomic mass is 10.2. The average Bonchev–Trinajstić information content (AvgIpc) is 2.83. The molecule has 0 radical (unpaired) electrons. The van der Waals surface area contributed by atoms with Gasteiger partial charge in [0.15, 0.2) is 6.61 Å². The Kier molecular flexibility index (Phi) is 9.14. The summed E-state index contributed by atoms with van der Waals surface area (Å²) in [6.07, 6.45) is 2.39. The minimum Gasteiger partial charge on any atom is -0.484 e. The van der Waals surface area contributed by atoms with Gasteiger partial charge in [0.2, 0.25) is 10.0 Å². The molecule has 3 rings (SSSR count). The van der Waals surface area contributed by atoms with Crippen molar-refractivity contribution < 1.29 is 27.1 Å². The number of anilines is 2. The number of rotatable bonds is 10. The summed E-state index contributed by atoms with van der Waals surface area (Å²) in [5.41, 5.74) is 3.72. The van der Waals surface area contributed by atoms with Crippen LogP contribution in [-0.4, -0.2) is 45.9 Å². The zero-order chi connectivity index (χ0) is 26.1. The number of carbonyl (C=O) groups is 2. The molecule has 0 unspecified atom stereocenters. The standard InChI is InChI=1S/C24H22BrFN4O5S/c1-36(33,34)30(22-5-3-2-4-21(22)25)15-23(31)29-27-14-17-6-12-20(13-7-17)35-16-24(32)28-19-10-8-18(26)9-11-19/h2-14H,15-16H2,1H3,(H,28,32)(H,29,31)/b27-14-. The Labute approximate surface area is 216 Å². The summed E-state index contributed by atoms with van der Waals surface area (Å²) >= 11 is 3.29. The Morgan fingerprint density at radius 2 is 1.69 bits per heavy atom. The SMILES string of the molecule is CS(=O)(=O)N(CC(=O)N/N=C\c1ccc(OCC(=O)Nc2ccc(F)cc2)cc1)c1ccccc1Br. The molecule has 0 fully saturated rings. The van der Waals surface area contributed by atoms with E-state index in [4.69, 9.17) is 4.74 Å². The molecular formula is C24H22BrFN4O5S. The highest BCUT2D eigenvalue weighted by Gasteiger charge is 2.22. The second kappa shape index (κ2) is 12.3. The second-order valence-corrected chi connectivity index (χ2v) is 10.2. The lowest BCUT2D eigenvalue weighted by Gasteiger charge is -2.22. The second-order valence-electron chi connectivity index (χ2n) is 7.43. The van der Waals surface area contributed by atoms with E-state index < -0.39 is 34.2 Å². The Bertz CT molecular complexity index is 1350. The number of hydrogen-bond donors (Lipinski definition) is 2. The van der Waals surface area contributed by atoms with Crippen molar-refractivity contribution in [2.24, 2.45) is 5.10 Å². The number of para-hydroxylation sites is 1. The molecule has 36 heavy (non-hydrogen) atoms. The number of sulfonamides is 1. The lowest BCUT2D eigenvalue weighted by Crippen LogP contribution is -2.39. The Hall–Kier alpha value is -3.77. The largest absolute Gasteiger partial charge is 0.484 e. The Morgan fingerprint density at radius 1 is 1.03 bits per heavy atom. The average molecular weight is 577 g/mol. The fourth-order valence-electron chi connectivity index (χ4n) is 2.91. The third kappa shape index (κ3) is 8.17. The molecule has 0 aromatic heterocycles. The molecule has 0 aliphatic carbocycles. The maximum atomic E-state index is 12.9. The molecule has 0 saturated heterocycles. The number of hydrazone groups is 1. The van der Waals surface area contributed by atoms with E-state index >= 15 is 0 Å². The van der Waals surface area contributed by atoms with Gasteiger partial charge in [-0.2, -0.15) is 5.10 Å². The number of halogens is 2. The molecule has 0 aliphatic heterocycles. The van der Waals surface area contributed by atoms with E-state index in [1.54, 1.807) is 48.5 Å². The first-order valence-corrected chi connectivity index (χ1v) is 13.1. The molecule has 0 heterocycles. The van der Waals surface area contributed by atoms with Gasteiger partial charge in [0.05, 0.1) is 18.2 Å². The van der Waals surface area contributed by atoms with E-state index in [0.717, 1.165) is 10.6 Å². The Balaban J connectivity index is 1.50. The molecular weight excluding hydrogens is 555 g/mol. The summed E-state index contributed by atoms with van der Waals surface area (Å²) < 4.78 is 44.2. The van der Waals surface area contributed by atoms with Gasteiger partial charge in [0, 0.05) is 10.2 Å². The van der Waals surface area contributed by atoms with Gasteiger partial charge in [-0.15, -0.1) is 0 Å². The molecule has 0 saturated carbocycles. The van der Waals surface area contributed by atoms with Crippen LogP contribution in [0.2, 0.25) is 0 Å². The van der Waals surface area contributed by atoms with Crippen LogP contribution in [0.5, 0.6) is 5.75 Å². The number of benzene rings is 3. The number of carbonyl (C=O) groups excluding carboxylic acids is 2. The molecule has 12 heteroatoms. The molecule has 2 amide bonds. The van der Waals surface area contributed by atoms with Crippen LogP contribution < -0.4 is 19.8 Å². The van der Waals surface area contributed by atoms with Gasteiger partial charge in [0.25, 0.3) is 11.8 Å². The van der Waals surface area contributed by atoms with Gasteiger partial charge in [0.1, 0.15) is 18.1 Å². The zero-order valence-electron chi connectivity index (χ0n) is 19.0. The number of amides is 2. The van der Waals surface area contributed by atoms with Crippen molar-refractivity contribution in [1.29, 1.82) is 0 Å². The first-order valence-electron chi connectivity index (χ1n) is 10.4. The highest BCUT2D eigenvalue weighted by Crippen LogP contribution is 2.27. The van der Waals surface area contributed by atoms with Crippen molar-refractivity contribution >= 4 is 55.4 Å². The van der Waals surface area contributed by atoms with Crippen LogP contribution in [0, 0.1) is 5.82 Å². The fourth-order valence-corrected chi connectivity index (χ4v) is 4.39. The van der Waals surface area contributed by atoms with Crippen LogP contribution in [0.1, 0.15) is 5.56 Å². The number of nitrogens with zero attached hydrogens (tertiary/aromatic N) is 2. The molecule has 3 aromatic rings. The lowest BCUT2D eigenvalue weighted by molar-refractivity contribution is -0.119. The molecule has 0 aliphatic rings. The van der Waals surface area contributed by atoms with Crippen molar-refractivity contribution in [2.75, 3.05) is 29.0 Å². The van der Waals surface area contributed by atoms with Gasteiger partial charge in [-0.25, -0.2) is 18.2 Å². The van der Waals surface area contributed by atoms with E-state index in [9.17, 15) is 22.4 Å². The number of nitrogens with one attached hydrogen (secondary N) is 2. The van der Waals surface area contributed by atoms with Gasteiger partial charge < -0.3 is 10.1 Å². The summed E-state index contributed by atoms with van der Waals surface area (Å²) in [6, 6.07) is 18.6. The zero-order valence-corrected chi connectivity index (χ0v) is 21.4. The van der Waals surface area contributed by atoms with Crippen LogP contribution in [0.25, 0.3) is 0 Å². The first kappa shape index (κ1) is 26.8. The highest BCUT2D eigenvalue weighted by molar-refractivity contribution is 9.10. The maximum absolute atomic E-state index is 12.9. The Morgan fingerprint density at radius 3 is 2.33 bits per heavy atom. The quantitative estimate of drug-likeness (QED) is 0.283. The van der Waals surface area contributed by atoms with E-state index in [1.807, 2.05) is 0 Å². The van der Waals surface area contributed by atoms with E-state index in [1.165, 1.54) is 30.5 Å². The molecule has 0 spiro atoms. The van der Waals surface area contributed by atoms with Crippen molar-refractivity contribution in [1.82, 2.24) is 5.43 Å². The van der Waals surface area contributed by atoms with E-state index in [-0.39, 0.29) is 6.61 Å². The van der Waals surface area contributed by atoms with Crippen molar-refractivity contribution in [3.63, 3.8) is 0 Å². The van der Waals surface area contributed by atoms with Gasteiger partial charge in [-0.05, 0) is 82.2 Å². The third-order valence-electron chi connectivity index (χ3n) is 4.59. The summed E-state index contributed by atoms with van der Waals surface area (Å²) in [6.45, 7) is -0.694. The molecule has 0 bridgehead atoms. The van der Waals surface area contributed by atoms with Gasteiger partial charge >= 0.3 is 0 Å². The minimum absolute atomic E-state index is 0.241. The van der Waals surface area contributed by atoms with Crippen molar-refractivity contribution in [3.8, 4) is 5.75 Å². The van der Waals surface area contributed by atoms with E-state index in [2.05, 4.69) is 31.8 Å². The number of ether oxygens (including phenoxy) is 1. The molecule has 9 nitrogen and oxygen atoms in total. The molecule has 188 valence electrons. The van der Waals surface area contributed by atoms with Crippen LogP contribution in [-0.2, 0) is 19.6 Å². The molecule has 2 N–H and O–H groups in total. The fraction of sp³-hybridized carbons (Fsp3) is 0.125. The summed E-state index contributed by atoms with van der Waals surface area (Å²) in [5, 5.41) is 6.45. The van der Waals surface area contributed by atoms with Crippen LogP contribution >= 0.6 is 15.9 Å². The van der Waals surface area contributed by atoms with Crippen LogP contribution in [0.3, 0.4) is 0 Å². The minimum atomic E-state index is -3.72. The predicted molar refractivity (Wildman–Crippen MR) is 139 cm³/mol. The highest BCUT2D eigenvalue weighted by atomic mass is 79.9. The first-order chi connectivity index (χ1) is 17.1. The summed E-state index contributed by atoms with van der Waals surface area (Å²) in [4.78, 5) is 24.3. The number of hydrogen-bond acceptors (Lipinski definition) is 6. The molecule has 0 atom stereocenters. The van der Waals surface area contributed by atoms with Crippen molar-refractivity contribution in [2.45, 2.75) is 0 Å². The summed E-state index contributed by atoms with van der Waals surface area (Å²) in [5.74, 6) is -0.994. The van der Waals surface area contributed by atoms with E-state index in [0.29, 0.717) is 27.2 Å². The maximum Gasteiger partial charge on any atom is 0.262 e. The van der Waals surface area contributed by atoms with Gasteiger partial charge in [-0.3, -0.25) is 13.9 Å². The monoisotopic (exact) mass is 576 g/mol. The normalized spacial score (nSPS) is 11.2. The van der Waals surface area contributed by atoms with Crippen molar-refractivity contribution in [3.05, 3.63) is 88.6 Å². The predicted octanol–water partition coefficient (Wildman–Crippen LogP) is 3.52.